The minimum absolute atomic E-state index is 0.309. The summed E-state index contributed by atoms with van der Waals surface area (Å²) in [6.45, 7) is 8.27. The predicted molar refractivity (Wildman–Crippen MR) is 97.6 cm³/mol. The number of aryl methyl sites for hydroxylation is 2. The van der Waals surface area contributed by atoms with Crippen molar-refractivity contribution in [2.75, 3.05) is 6.61 Å². The van der Waals surface area contributed by atoms with E-state index in [9.17, 15) is 4.79 Å². The molecule has 0 unspecified atom stereocenters. The molecule has 0 radical (unpaired) electrons. The number of rotatable bonds is 15. The average molecular weight is 336 g/mol. The maximum absolute atomic E-state index is 10.8. The van der Waals surface area contributed by atoms with E-state index in [1.54, 1.807) is 0 Å². The average Bonchev–Trinajstić information content (AvgIpc) is 3.06. The van der Waals surface area contributed by atoms with Crippen LogP contribution in [-0.2, 0) is 22.6 Å². The van der Waals surface area contributed by atoms with Crippen molar-refractivity contribution in [2.24, 2.45) is 0 Å². The molecule has 1 aromatic heterocycles. The zero-order valence-corrected chi connectivity index (χ0v) is 15.4. The Balaban J connectivity index is 1.79. The first-order chi connectivity index (χ1) is 11.8. The third-order valence-electron chi connectivity index (χ3n) is 4.33. The van der Waals surface area contributed by atoms with E-state index in [0.717, 1.165) is 25.9 Å². The van der Waals surface area contributed by atoms with Crippen molar-refractivity contribution in [3.63, 3.8) is 0 Å². The predicted octanol–water partition coefficient (Wildman–Crippen LogP) is 4.43. The van der Waals surface area contributed by atoms with Gasteiger partial charge in [0.2, 0.25) is 6.33 Å². The van der Waals surface area contributed by atoms with Crippen LogP contribution in [0.3, 0.4) is 0 Å². The number of nitrogens with zero attached hydrogens (tertiary/aromatic N) is 2. The normalized spacial score (nSPS) is 10.7. The van der Waals surface area contributed by atoms with Gasteiger partial charge in [0.15, 0.2) is 0 Å². The molecule has 1 rings (SSSR count). The van der Waals surface area contributed by atoms with E-state index in [1.165, 1.54) is 57.4 Å². The molecule has 0 saturated carbocycles. The maximum Gasteiger partial charge on any atom is 0.330 e. The Labute approximate surface area is 147 Å². The topological polar surface area (TPSA) is 35.1 Å². The van der Waals surface area contributed by atoms with Gasteiger partial charge in [0.25, 0.3) is 0 Å². The second kappa shape index (κ2) is 13.8. The first-order valence-electron chi connectivity index (χ1n) is 9.60. The zero-order chi connectivity index (χ0) is 17.5. The second-order valence-electron chi connectivity index (χ2n) is 6.39. The van der Waals surface area contributed by atoms with E-state index >= 15 is 0 Å². The van der Waals surface area contributed by atoms with Gasteiger partial charge in [-0.1, -0.05) is 51.5 Å². The molecule has 0 fully saturated rings. The summed E-state index contributed by atoms with van der Waals surface area (Å²) in [6, 6.07) is 0. The highest BCUT2D eigenvalue weighted by Gasteiger charge is 2.01. The van der Waals surface area contributed by atoms with Crippen LogP contribution in [0.2, 0.25) is 0 Å². The SMILES string of the molecule is C=CC(=O)OCCCCCCCCCCCC[n+]1ccn(CC)c1. The Morgan fingerprint density at radius 3 is 2.17 bits per heavy atom. The highest BCUT2D eigenvalue weighted by molar-refractivity contribution is 5.81. The van der Waals surface area contributed by atoms with Crippen LogP contribution in [0.4, 0.5) is 0 Å². The summed E-state index contributed by atoms with van der Waals surface area (Å²) < 4.78 is 9.45. The number of esters is 1. The van der Waals surface area contributed by atoms with Gasteiger partial charge in [-0.05, 0) is 26.2 Å². The molecular weight excluding hydrogens is 300 g/mol. The number of hydrogen-bond donors (Lipinski definition) is 0. The van der Waals surface area contributed by atoms with Gasteiger partial charge in [0.1, 0.15) is 12.4 Å². The number of carbonyl (C=O) groups excluding carboxylic acids is 1. The van der Waals surface area contributed by atoms with Crippen molar-refractivity contribution >= 4 is 5.97 Å². The van der Waals surface area contributed by atoms with Gasteiger partial charge in [-0.3, -0.25) is 0 Å². The summed E-state index contributed by atoms with van der Waals surface area (Å²) in [4.78, 5) is 10.8. The van der Waals surface area contributed by atoms with Gasteiger partial charge >= 0.3 is 5.97 Å². The quantitative estimate of drug-likeness (QED) is 0.206. The van der Waals surface area contributed by atoms with Crippen LogP contribution < -0.4 is 4.57 Å². The van der Waals surface area contributed by atoms with E-state index in [0.29, 0.717) is 6.61 Å². The molecule has 0 aromatic carbocycles. The van der Waals surface area contributed by atoms with Crippen LogP contribution >= 0.6 is 0 Å². The lowest BCUT2D eigenvalue weighted by molar-refractivity contribution is -0.696. The highest BCUT2D eigenvalue weighted by Crippen LogP contribution is 2.10. The summed E-state index contributed by atoms with van der Waals surface area (Å²) in [5.41, 5.74) is 0. The van der Waals surface area contributed by atoms with Gasteiger partial charge in [-0.15, -0.1) is 0 Å². The molecule has 0 aliphatic heterocycles. The Morgan fingerprint density at radius 1 is 1.04 bits per heavy atom. The third-order valence-corrected chi connectivity index (χ3v) is 4.33. The molecule has 0 aliphatic carbocycles. The largest absolute Gasteiger partial charge is 0.463 e. The van der Waals surface area contributed by atoms with Crippen molar-refractivity contribution in [1.82, 2.24) is 4.57 Å². The Kier molecular flexibility index (Phi) is 11.8. The van der Waals surface area contributed by atoms with Crippen molar-refractivity contribution in [2.45, 2.75) is 84.2 Å². The smallest absolute Gasteiger partial charge is 0.330 e. The molecular formula is C20H35N2O2+. The Morgan fingerprint density at radius 2 is 1.62 bits per heavy atom. The van der Waals surface area contributed by atoms with Crippen LogP contribution in [0.1, 0.15) is 71.1 Å². The van der Waals surface area contributed by atoms with Gasteiger partial charge in [-0.2, -0.15) is 0 Å². The van der Waals surface area contributed by atoms with Crippen LogP contribution in [0.25, 0.3) is 0 Å². The summed E-state index contributed by atoms with van der Waals surface area (Å²) in [5, 5.41) is 0. The fourth-order valence-electron chi connectivity index (χ4n) is 2.80. The number of aromatic nitrogens is 2. The lowest BCUT2D eigenvalue weighted by Crippen LogP contribution is -2.30. The molecule has 0 bridgehead atoms. The number of imidazole rings is 1. The molecule has 0 atom stereocenters. The van der Waals surface area contributed by atoms with Crippen LogP contribution in [0.15, 0.2) is 31.4 Å². The van der Waals surface area contributed by atoms with Crippen molar-refractivity contribution in [3.8, 4) is 0 Å². The van der Waals surface area contributed by atoms with Gasteiger partial charge < -0.3 is 4.74 Å². The Bertz CT molecular complexity index is 454. The number of unbranched alkanes of at least 4 members (excludes halogenated alkanes) is 9. The molecule has 136 valence electrons. The number of hydrogen-bond acceptors (Lipinski definition) is 2. The number of carbonyl (C=O) groups is 1. The third kappa shape index (κ3) is 10.2. The molecule has 0 N–H and O–H groups in total. The molecule has 1 aromatic rings. The minimum atomic E-state index is -0.309. The fourth-order valence-corrected chi connectivity index (χ4v) is 2.80. The molecule has 4 nitrogen and oxygen atoms in total. The van der Waals surface area contributed by atoms with Crippen LogP contribution in [0.5, 0.6) is 0 Å². The number of ether oxygens (including phenoxy) is 1. The molecule has 24 heavy (non-hydrogen) atoms. The first kappa shape index (κ1) is 20.5. The molecule has 0 amide bonds. The lowest BCUT2D eigenvalue weighted by Gasteiger charge is -2.03. The molecule has 1 heterocycles. The summed E-state index contributed by atoms with van der Waals surface area (Å²) >= 11 is 0. The first-order valence-corrected chi connectivity index (χ1v) is 9.60. The molecule has 0 aliphatic rings. The van der Waals surface area contributed by atoms with Gasteiger partial charge in [0, 0.05) is 6.08 Å². The Hall–Kier alpha value is -1.58. The summed E-state index contributed by atoms with van der Waals surface area (Å²) in [7, 11) is 0. The van der Waals surface area contributed by atoms with Crippen molar-refractivity contribution in [3.05, 3.63) is 31.4 Å². The van der Waals surface area contributed by atoms with E-state index in [4.69, 9.17) is 4.74 Å². The molecule has 4 heteroatoms. The molecule has 0 spiro atoms. The second-order valence-corrected chi connectivity index (χ2v) is 6.39. The van der Waals surface area contributed by atoms with Crippen LogP contribution in [-0.4, -0.2) is 17.1 Å². The monoisotopic (exact) mass is 335 g/mol. The van der Waals surface area contributed by atoms with Crippen molar-refractivity contribution < 1.29 is 14.1 Å². The maximum atomic E-state index is 10.8. The van der Waals surface area contributed by atoms with E-state index < -0.39 is 0 Å². The summed E-state index contributed by atoms with van der Waals surface area (Å²) in [5.74, 6) is -0.309. The van der Waals surface area contributed by atoms with E-state index in [-0.39, 0.29) is 5.97 Å². The lowest BCUT2D eigenvalue weighted by atomic mass is 10.1. The van der Waals surface area contributed by atoms with Gasteiger partial charge in [0.05, 0.1) is 19.7 Å². The fraction of sp³-hybridized carbons (Fsp3) is 0.700. The van der Waals surface area contributed by atoms with Crippen molar-refractivity contribution in [1.29, 1.82) is 0 Å². The summed E-state index contributed by atoms with van der Waals surface area (Å²) in [6.07, 6.45) is 20.4. The van der Waals surface area contributed by atoms with E-state index in [1.807, 2.05) is 0 Å². The standard InChI is InChI=1S/C20H35N2O2/c1-3-20(23)24-18-14-12-10-8-6-5-7-9-11-13-15-22-17-16-21(4-2)19-22/h3,16-17,19H,1,4-15,18H2,2H3/q+1. The minimum Gasteiger partial charge on any atom is -0.463 e. The van der Waals surface area contributed by atoms with Crippen LogP contribution in [0, 0.1) is 0 Å². The zero-order valence-electron chi connectivity index (χ0n) is 15.4. The van der Waals surface area contributed by atoms with E-state index in [2.05, 4.69) is 41.4 Å². The van der Waals surface area contributed by atoms with Gasteiger partial charge in [-0.25, -0.2) is 13.9 Å². The molecule has 0 saturated heterocycles. The highest BCUT2D eigenvalue weighted by atomic mass is 16.5.